The van der Waals surface area contributed by atoms with E-state index in [0.29, 0.717) is 11.6 Å². The van der Waals surface area contributed by atoms with Crippen molar-refractivity contribution in [3.63, 3.8) is 0 Å². The minimum Gasteiger partial charge on any atom is -0.350 e. The van der Waals surface area contributed by atoms with E-state index in [2.05, 4.69) is 15.4 Å². The molecular weight excluding hydrogens is 374 g/mol. The summed E-state index contributed by atoms with van der Waals surface area (Å²) in [6.45, 7) is 5.12. The second kappa shape index (κ2) is 9.02. The Kier molecular flexibility index (Phi) is 7.02. The molecule has 2 aromatic carbocycles. The molecule has 0 saturated carbocycles. The highest BCUT2D eigenvalue weighted by atomic mass is 35.5. The van der Waals surface area contributed by atoms with Crippen LogP contribution in [0.1, 0.15) is 24.2 Å². The highest BCUT2D eigenvalue weighted by Gasteiger charge is 2.19. The van der Waals surface area contributed by atoms with Crippen LogP contribution < -0.4 is 15.4 Å². The molecule has 0 aliphatic heterocycles. The molecule has 2 rings (SSSR count). The Hall–Kier alpha value is -2.09. The highest BCUT2D eigenvalue weighted by molar-refractivity contribution is 7.92. The minimum atomic E-state index is -3.81. The molecule has 6 nitrogen and oxygen atoms in total. The van der Waals surface area contributed by atoms with Crippen molar-refractivity contribution in [1.29, 1.82) is 0 Å². The molecule has 3 N–H and O–H groups in total. The van der Waals surface area contributed by atoms with Gasteiger partial charge in [-0.2, -0.15) is 0 Å². The van der Waals surface area contributed by atoms with Crippen molar-refractivity contribution < 1.29 is 13.2 Å². The molecule has 0 saturated heterocycles. The van der Waals surface area contributed by atoms with Gasteiger partial charge in [-0.3, -0.25) is 9.52 Å². The molecule has 0 unspecified atom stereocenters. The second-order valence-corrected chi connectivity index (χ2v) is 7.90. The van der Waals surface area contributed by atoms with E-state index in [1.54, 1.807) is 18.2 Å². The summed E-state index contributed by atoms with van der Waals surface area (Å²) in [4.78, 5) is 12.6. The normalized spacial score (nSPS) is 12.4. The van der Waals surface area contributed by atoms with Crippen LogP contribution in [-0.4, -0.2) is 33.5 Å². The Morgan fingerprint density at radius 2 is 1.85 bits per heavy atom. The van der Waals surface area contributed by atoms with Gasteiger partial charge in [-0.15, -0.1) is 0 Å². The van der Waals surface area contributed by atoms with E-state index >= 15 is 0 Å². The zero-order valence-corrected chi connectivity index (χ0v) is 16.2. The van der Waals surface area contributed by atoms with E-state index < -0.39 is 15.9 Å². The van der Waals surface area contributed by atoms with Crippen LogP contribution in [0.15, 0.2) is 53.4 Å². The van der Waals surface area contributed by atoms with Gasteiger partial charge in [-0.05, 0) is 43.8 Å². The van der Waals surface area contributed by atoms with Crippen molar-refractivity contribution in [2.24, 2.45) is 0 Å². The summed E-state index contributed by atoms with van der Waals surface area (Å²) < 4.78 is 27.5. The zero-order chi connectivity index (χ0) is 19.2. The number of nitrogens with one attached hydrogen (secondary N) is 3. The Bertz CT molecular complexity index is 857. The van der Waals surface area contributed by atoms with Gasteiger partial charge in [0, 0.05) is 17.6 Å². The topological polar surface area (TPSA) is 87.3 Å². The summed E-state index contributed by atoms with van der Waals surface area (Å²) in [6.07, 6.45) is 0. The Balaban J connectivity index is 2.23. The van der Waals surface area contributed by atoms with Crippen LogP contribution in [0.3, 0.4) is 0 Å². The number of likely N-dealkylation sites (N-methyl/N-ethyl adjacent to an activating group) is 1. The van der Waals surface area contributed by atoms with Gasteiger partial charge >= 0.3 is 0 Å². The monoisotopic (exact) mass is 395 g/mol. The van der Waals surface area contributed by atoms with Crippen molar-refractivity contribution in [3.8, 4) is 0 Å². The number of sulfonamides is 1. The number of carbonyl (C=O) groups excluding carboxylic acids is 1. The third-order valence-corrected chi connectivity index (χ3v) is 5.26. The van der Waals surface area contributed by atoms with Gasteiger partial charge in [0.2, 0.25) is 0 Å². The lowest BCUT2D eigenvalue weighted by Crippen LogP contribution is -2.39. The van der Waals surface area contributed by atoms with Crippen LogP contribution in [0.2, 0.25) is 5.02 Å². The summed E-state index contributed by atoms with van der Waals surface area (Å²) in [5.41, 5.74) is 0.340. The average molecular weight is 396 g/mol. The third kappa shape index (κ3) is 5.45. The van der Waals surface area contributed by atoms with Crippen LogP contribution in [0.5, 0.6) is 0 Å². The van der Waals surface area contributed by atoms with Crippen LogP contribution in [0, 0.1) is 0 Å². The second-order valence-electron chi connectivity index (χ2n) is 5.78. The van der Waals surface area contributed by atoms with E-state index in [0.717, 1.165) is 6.54 Å². The average Bonchev–Trinajstić information content (AvgIpc) is 2.62. The van der Waals surface area contributed by atoms with Gasteiger partial charge in [0.1, 0.15) is 0 Å². The summed E-state index contributed by atoms with van der Waals surface area (Å²) in [5.74, 6) is -0.400. The Morgan fingerprint density at radius 1 is 1.15 bits per heavy atom. The first-order valence-corrected chi connectivity index (χ1v) is 10.1. The first kappa shape index (κ1) is 20.2. The molecule has 0 fully saturated rings. The SMILES string of the molecule is CCN[C@H](C)CNC(=O)c1cc(Cl)ccc1NS(=O)(=O)c1ccccc1. The predicted molar refractivity (Wildman–Crippen MR) is 104 cm³/mol. The number of hydrogen-bond acceptors (Lipinski definition) is 4. The Morgan fingerprint density at radius 3 is 2.50 bits per heavy atom. The number of hydrogen-bond donors (Lipinski definition) is 3. The lowest BCUT2D eigenvalue weighted by atomic mass is 10.1. The maximum atomic E-state index is 12.5. The summed E-state index contributed by atoms with van der Waals surface area (Å²) in [7, 11) is -3.81. The largest absolute Gasteiger partial charge is 0.350 e. The molecule has 1 amide bonds. The molecule has 2 aromatic rings. The highest BCUT2D eigenvalue weighted by Crippen LogP contribution is 2.23. The van der Waals surface area contributed by atoms with Gasteiger partial charge in [-0.1, -0.05) is 36.7 Å². The number of anilines is 1. The summed E-state index contributed by atoms with van der Waals surface area (Å²) in [5, 5.41) is 6.31. The van der Waals surface area contributed by atoms with E-state index in [4.69, 9.17) is 11.6 Å². The lowest BCUT2D eigenvalue weighted by molar-refractivity contribution is 0.0951. The van der Waals surface area contributed by atoms with Gasteiger partial charge in [-0.25, -0.2) is 8.42 Å². The number of carbonyl (C=O) groups is 1. The smallest absolute Gasteiger partial charge is 0.261 e. The van der Waals surface area contributed by atoms with E-state index in [1.165, 1.54) is 30.3 Å². The number of rotatable bonds is 8. The third-order valence-electron chi connectivity index (χ3n) is 3.65. The summed E-state index contributed by atoms with van der Waals surface area (Å²) >= 11 is 5.99. The molecule has 140 valence electrons. The van der Waals surface area contributed by atoms with Crippen molar-refractivity contribution in [2.45, 2.75) is 24.8 Å². The van der Waals surface area contributed by atoms with Crippen LogP contribution in [0.4, 0.5) is 5.69 Å². The molecule has 0 aromatic heterocycles. The van der Waals surface area contributed by atoms with Crippen molar-refractivity contribution in [2.75, 3.05) is 17.8 Å². The first-order valence-electron chi connectivity index (χ1n) is 8.22. The molecule has 0 aliphatic carbocycles. The molecule has 0 aliphatic rings. The van der Waals surface area contributed by atoms with Gasteiger partial charge in [0.25, 0.3) is 15.9 Å². The quantitative estimate of drug-likeness (QED) is 0.641. The van der Waals surface area contributed by atoms with Crippen LogP contribution in [-0.2, 0) is 10.0 Å². The maximum Gasteiger partial charge on any atom is 0.261 e. The zero-order valence-electron chi connectivity index (χ0n) is 14.6. The fourth-order valence-corrected chi connectivity index (χ4v) is 3.63. The maximum absolute atomic E-state index is 12.5. The number of halogens is 1. The molecule has 0 bridgehead atoms. The molecule has 8 heteroatoms. The van der Waals surface area contributed by atoms with Crippen molar-refractivity contribution in [1.82, 2.24) is 10.6 Å². The minimum absolute atomic E-state index is 0.0904. The molecular formula is C18H22ClN3O3S. The van der Waals surface area contributed by atoms with E-state index in [-0.39, 0.29) is 22.2 Å². The molecule has 0 spiro atoms. The predicted octanol–water partition coefficient (Wildman–Crippen LogP) is 2.87. The first-order chi connectivity index (χ1) is 12.3. The van der Waals surface area contributed by atoms with Gasteiger partial charge in [0.05, 0.1) is 16.1 Å². The van der Waals surface area contributed by atoms with Crippen LogP contribution in [0.25, 0.3) is 0 Å². The lowest BCUT2D eigenvalue weighted by Gasteiger charge is -2.16. The number of benzene rings is 2. The van der Waals surface area contributed by atoms with E-state index in [9.17, 15) is 13.2 Å². The van der Waals surface area contributed by atoms with Gasteiger partial charge < -0.3 is 10.6 Å². The standard InChI is InChI=1S/C18H22ClN3O3S/c1-3-20-13(2)12-21-18(23)16-11-14(19)9-10-17(16)22-26(24,25)15-7-5-4-6-8-15/h4-11,13,20,22H,3,12H2,1-2H3,(H,21,23)/t13-/m1/s1. The number of amides is 1. The van der Waals surface area contributed by atoms with Crippen molar-refractivity contribution in [3.05, 3.63) is 59.1 Å². The van der Waals surface area contributed by atoms with Gasteiger partial charge in [0.15, 0.2) is 0 Å². The fraction of sp³-hybridized carbons (Fsp3) is 0.278. The van der Waals surface area contributed by atoms with Crippen LogP contribution >= 0.6 is 11.6 Å². The van der Waals surface area contributed by atoms with E-state index in [1.807, 2.05) is 13.8 Å². The summed E-state index contributed by atoms with van der Waals surface area (Å²) in [6, 6.07) is 12.5. The molecule has 26 heavy (non-hydrogen) atoms. The molecule has 0 heterocycles. The Labute approximate surface area is 159 Å². The van der Waals surface area contributed by atoms with Crippen molar-refractivity contribution >= 4 is 33.2 Å². The fourth-order valence-electron chi connectivity index (χ4n) is 2.36. The molecule has 0 radical (unpaired) electrons. The molecule has 1 atom stereocenters.